The van der Waals surface area contributed by atoms with Gasteiger partial charge in [0.25, 0.3) is 0 Å². The molecule has 0 bridgehead atoms. The molecular weight excluding hydrogens is 297 g/mol. The first-order valence-electron chi connectivity index (χ1n) is 5.69. The van der Waals surface area contributed by atoms with E-state index in [4.69, 9.17) is 27.9 Å². The van der Waals surface area contributed by atoms with Crippen molar-refractivity contribution in [3.63, 3.8) is 0 Å². The summed E-state index contributed by atoms with van der Waals surface area (Å²) in [5, 5.41) is 0.607. The molecule has 0 aliphatic heterocycles. The van der Waals surface area contributed by atoms with Crippen LogP contribution >= 0.6 is 23.2 Å². The minimum atomic E-state index is -0.648. The molecular formula is C15H9Cl2NO2. The largest absolute Gasteiger partial charge is 0.451 e. The molecule has 1 aromatic carbocycles. The van der Waals surface area contributed by atoms with Crippen LogP contribution in [0.25, 0.3) is 0 Å². The summed E-state index contributed by atoms with van der Waals surface area (Å²) in [6.45, 7) is -0.0617. The molecule has 0 saturated carbocycles. The zero-order chi connectivity index (χ0) is 14.4. The molecule has 0 saturated heterocycles. The molecule has 20 heavy (non-hydrogen) atoms. The van der Waals surface area contributed by atoms with Gasteiger partial charge in [0.15, 0.2) is 0 Å². The van der Waals surface area contributed by atoms with Crippen molar-refractivity contribution in [2.24, 2.45) is 0 Å². The predicted molar refractivity (Wildman–Crippen MR) is 77.4 cm³/mol. The Morgan fingerprint density at radius 2 is 1.95 bits per heavy atom. The fraction of sp³-hybridized carbons (Fsp3) is 0.0667. The number of carbonyl (C=O) groups excluding carboxylic acids is 1. The van der Waals surface area contributed by atoms with Crippen LogP contribution in [0, 0.1) is 11.8 Å². The highest BCUT2D eigenvalue weighted by atomic mass is 35.5. The Morgan fingerprint density at radius 1 is 1.20 bits per heavy atom. The van der Waals surface area contributed by atoms with E-state index in [1.54, 1.807) is 18.2 Å². The summed E-state index contributed by atoms with van der Waals surface area (Å²) < 4.78 is 4.99. The number of esters is 1. The van der Waals surface area contributed by atoms with Crippen molar-refractivity contribution in [2.75, 3.05) is 0 Å². The van der Waals surface area contributed by atoms with Crippen molar-refractivity contribution in [2.45, 2.75) is 6.61 Å². The fourth-order valence-electron chi connectivity index (χ4n) is 1.39. The molecule has 0 spiro atoms. The van der Waals surface area contributed by atoms with E-state index in [0.29, 0.717) is 10.6 Å². The normalized spacial score (nSPS) is 9.50. The van der Waals surface area contributed by atoms with Gasteiger partial charge in [0, 0.05) is 23.2 Å². The molecule has 2 rings (SSSR count). The molecule has 1 heterocycles. The minimum absolute atomic E-state index is 0.0617. The first-order valence-corrected chi connectivity index (χ1v) is 6.45. The molecule has 1 aromatic heterocycles. The molecule has 0 atom stereocenters. The van der Waals surface area contributed by atoms with Gasteiger partial charge in [-0.3, -0.25) is 0 Å². The van der Waals surface area contributed by atoms with Gasteiger partial charge in [-0.05, 0) is 18.2 Å². The Kier molecular flexibility index (Phi) is 5.00. The monoisotopic (exact) mass is 305 g/mol. The average Bonchev–Trinajstić information content (AvgIpc) is 2.46. The van der Waals surface area contributed by atoms with Crippen molar-refractivity contribution in [1.82, 2.24) is 4.98 Å². The summed E-state index contributed by atoms with van der Waals surface area (Å²) in [7, 11) is 0. The number of pyridine rings is 1. The van der Waals surface area contributed by atoms with E-state index in [0.717, 1.165) is 5.56 Å². The van der Waals surface area contributed by atoms with Crippen LogP contribution in [0.4, 0.5) is 0 Å². The van der Waals surface area contributed by atoms with Gasteiger partial charge in [0.2, 0.25) is 0 Å². The Labute approximate surface area is 126 Å². The van der Waals surface area contributed by atoms with Crippen LogP contribution in [-0.2, 0) is 16.1 Å². The van der Waals surface area contributed by atoms with Gasteiger partial charge in [0.05, 0.1) is 5.02 Å². The topological polar surface area (TPSA) is 39.2 Å². The number of benzene rings is 1. The van der Waals surface area contributed by atoms with Crippen LogP contribution in [0.5, 0.6) is 0 Å². The van der Waals surface area contributed by atoms with E-state index in [2.05, 4.69) is 16.8 Å². The first kappa shape index (κ1) is 14.4. The van der Waals surface area contributed by atoms with E-state index in [1.807, 2.05) is 18.2 Å². The Morgan fingerprint density at radius 3 is 2.65 bits per heavy atom. The molecule has 0 unspecified atom stereocenters. The second-order valence-electron chi connectivity index (χ2n) is 3.75. The second-order valence-corrected chi connectivity index (χ2v) is 4.52. The second kappa shape index (κ2) is 6.95. The lowest BCUT2D eigenvalue weighted by Gasteiger charge is -2.04. The van der Waals surface area contributed by atoms with Crippen molar-refractivity contribution in [3.05, 3.63) is 63.9 Å². The smallest absolute Gasteiger partial charge is 0.385 e. The van der Waals surface area contributed by atoms with Crippen LogP contribution in [0.15, 0.2) is 42.6 Å². The Balaban J connectivity index is 1.98. The van der Waals surface area contributed by atoms with Crippen molar-refractivity contribution < 1.29 is 9.53 Å². The maximum atomic E-state index is 11.5. The summed E-state index contributed by atoms with van der Waals surface area (Å²) >= 11 is 11.8. The quantitative estimate of drug-likeness (QED) is 0.484. The van der Waals surface area contributed by atoms with Crippen LogP contribution in [-0.4, -0.2) is 11.0 Å². The van der Waals surface area contributed by atoms with Gasteiger partial charge in [-0.25, -0.2) is 9.78 Å². The molecule has 0 radical (unpaired) electrons. The summed E-state index contributed by atoms with van der Waals surface area (Å²) in [6, 6.07) is 10.7. The predicted octanol–water partition coefficient (Wildman–Crippen LogP) is 3.48. The highest BCUT2D eigenvalue weighted by molar-refractivity contribution is 6.35. The lowest BCUT2D eigenvalue weighted by molar-refractivity contribution is -0.137. The molecule has 0 aliphatic rings. The molecule has 2 aromatic rings. The molecule has 5 heteroatoms. The highest BCUT2D eigenvalue weighted by Crippen LogP contribution is 2.22. The fourth-order valence-corrected chi connectivity index (χ4v) is 1.85. The standard InChI is InChI=1S/C15H9Cl2NO2/c16-13-8-9-18-15(17)12(13)10-20-14(19)7-6-11-4-2-1-3-5-11/h1-5,8-9H,10H2. The van der Waals surface area contributed by atoms with Gasteiger partial charge in [-0.2, -0.15) is 0 Å². The Hall–Kier alpha value is -2.02. The lowest BCUT2D eigenvalue weighted by atomic mass is 10.2. The van der Waals surface area contributed by atoms with Gasteiger partial charge >= 0.3 is 5.97 Å². The van der Waals surface area contributed by atoms with Crippen LogP contribution < -0.4 is 0 Å². The number of nitrogens with zero attached hydrogens (tertiary/aromatic N) is 1. The number of ether oxygens (including phenoxy) is 1. The average molecular weight is 306 g/mol. The summed E-state index contributed by atoms with van der Waals surface area (Å²) in [6.07, 6.45) is 1.48. The van der Waals surface area contributed by atoms with E-state index < -0.39 is 5.97 Å². The van der Waals surface area contributed by atoms with Crippen LogP contribution in [0.1, 0.15) is 11.1 Å². The van der Waals surface area contributed by atoms with Gasteiger partial charge < -0.3 is 4.74 Å². The number of aromatic nitrogens is 1. The number of carbonyl (C=O) groups is 1. The molecule has 3 nitrogen and oxygen atoms in total. The zero-order valence-electron chi connectivity index (χ0n) is 10.3. The maximum Gasteiger partial charge on any atom is 0.385 e. The molecule has 0 aliphatic carbocycles. The summed E-state index contributed by atoms with van der Waals surface area (Å²) in [4.78, 5) is 15.4. The summed E-state index contributed by atoms with van der Waals surface area (Å²) in [5.41, 5.74) is 1.20. The SMILES string of the molecule is O=C(C#Cc1ccccc1)OCc1c(Cl)ccnc1Cl. The minimum Gasteiger partial charge on any atom is -0.451 e. The number of hydrogen-bond acceptors (Lipinski definition) is 3. The van der Waals surface area contributed by atoms with E-state index in [-0.39, 0.29) is 11.8 Å². The number of rotatable bonds is 2. The Bertz CT molecular complexity index is 655. The van der Waals surface area contributed by atoms with Crippen molar-refractivity contribution in [3.8, 4) is 11.8 Å². The van der Waals surface area contributed by atoms with E-state index in [1.165, 1.54) is 6.20 Å². The number of hydrogen-bond donors (Lipinski definition) is 0. The van der Waals surface area contributed by atoms with Crippen molar-refractivity contribution in [1.29, 1.82) is 0 Å². The number of halogens is 2. The van der Waals surface area contributed by atoms with E-state index >= 15 is 0 Å². The molecule has 100 valence electrons. The third-order valence-corrected chi connectivity index (χ3v) is 3.06. The van der Waals surface area contributed by atoms with E-state index in [9.17, 15) is 4.79 Å². The van der Waals surface area contributed by atoms with Gasteiger partial charge in [0.1, 0.15) is 11.8 Å². The molecule has 0 N–H and O–H groups in total. The van der Waals surface area contributed by atoms with Crippen LogP contribution in [0.3, 0.4) is 0 Å². The third-order valence-electron chi connectivity index (χ3n) is 2.38. The first-order chi connectivity index (χ1) is 9.66. The molecule has 0 fully saturated rings. The summed E-state index contributed by atoms with van der Waals surface area (Å²) in [5.74, 6) is 4.45. The van der Waals surface area contributed by atoms with Crippen molar-refractivity contribution >= 4 is 29.2 Å². The maximum absolute atomic E-state index is 11.5. The third kappa shape index (κ3) is 3.99. The highest BCUT2D eigenvalue weighted by Gasteiger charge is 2.08. The van der Waals surface area contributed by atoms with Crippen LogP contribution in [0.2, 0.25) is 10.2 Å². The van der Waals surface area contributed by atoms with Gasteiger partial charge in [-0.15, -0.1) is 0 Å². The lowest BCUT2D eigenvalue weighted by Crippen LogP contribution is -2.03. The molecule has 0 amide bonds. The van der Waals surface area contributed by atoms with Gasteiger partial charge in [-0.1, -0.05) is 47.3 Å². The zero-order valence-corrected chi connectivity index (χ0v) is 11.8.